The van der Waals surface area contributed by atoms with E-state index in [4.69, 9.17) is 19.7 Å². The molecule has 9 heteroatoms. The Morgan fingerprint density at radius 1 is 1.32 bits per heavy atom. The Bertz CT molecular complexity index is 624. The molecule has 0 aromatic heterocycles. The number of ether oxygens (including phenoxy) is 2. The Hall–Kier alpha value is -2.52. The minimum Gasteiger partial charge on any atom is -0.497 e. The first-order chi connectivity index (χ1) is 12.0. The van der Waals surface area contributed by atoms with Crippen LogP contribution in [0.3, 0.4) is 0 Å². The first kappa shape index (κ1) is 18.8. The topological polar surface area (TPSA) is 120 Å². The average molecular weight is 353 g/mol. The summed E-state index contributed by atoms with van der Waals surface area (Å²) in [4.78, 5) is 24.8. The van der Waals surface area contributed by atoms with Gasteiger partial charge in [0.15, 0.2) is 0 Å². The summed E-state index contributed by atoms with van der Waals surface area (Å²) >= 11 is 0. The molecule has 1 saturated heterocycles. The standard InChI is InChI=1S/C16H23N3O6/c1-24-11-4-3-10(13(7-11)25-2)9-19-12(8-17-5-6-20)14(15(19)21)18-16(22)23/h3-4,7,12,14,17-18,20H,5-6,8-9H2,1-2H3,(H,22,23)/t12-,14+/m1/s1. The van der Waals surface area contributed by atoms with Crippen molar-refractivity contribution < 1.29 is 29.3 Å². The Balaban J connectivity index is 2.13. The minimum absolute atomic E-state index is 0.0377. The molecule has 9 nitrogen and oxygen atoms in total. The van der Waals surface area contributed by atoms with Crippen LogP contribution < -0.4 is 20.1 Å². The third-order valence-corrected chi connectivity index (χ3v) is 4.09. The molecule has 25 heavy (non-hydrogen) atoms. The molecule has 0 bridgehead atoms. The van der Waals surface area contributed by atoms with Crippen LogP contribution in [-0.4, -0.2) is 73.1 Å². The number of nitrogens with one attached hydrogen (secondary N) is 2. The number of carboxylic acid groups (broad SMARTS) is 1. The molecule has 2 atom stereocenters. The van der Waals surface area contributed by atoms with Crippen LogP contribution in [0.4, 0.5) is 4.79 Å². The molecule has 1 aliphatic rings. The highest BCUT2D eigenvalue weighted by atomic mass is 16.5. The van der Waals surface area contributed by atoms with Crippen LogP contribution in [0, 0.1) is 0 Å². The Morgan fingerprint density at radius 2 is 2.08 bits per heavy atom. The highest BCUT2D eigenvalue weighted by Gasteiger charge is 2.47. The predicted octanol–water partition coefficient (Wildman–Crippen LogP) is -0.367. The number of amides is 2. The highest BCUT2D eigenvalue weighted by Crippen LogP contribution is 2.29. The second-order valence-electron chi connectivity index (χ2n) is 5.57. The maximum Gasteiger partial charge on any atom is 0.405 e. The molecule has 4 N–H and O–H groups in total. The summed E-state index contributed by atoms with van der Waals surface area (Å²) in [6.45, 7) is 0.985. The number of carbonyl (C=O) groups is 2. The van der Waals surface area contributed by atoms with Gasteiger partial charge in [0.05, 0.1) is 26.9 Å². The Kier molecular flexibility index (Phi) is 6.43. The van der Waals surface area contributed by atoms with Crippen LogP contribution in [0.15, 0.2) is 18.2 Å². The van der Waals surface area contributed by atoms with Gasteiger partial charge in [-0.1, -0.05) is 0 Å². The van der Waals surface area contributed by atoms with Gasteiger partial charge in [0, 0.05) is 31.3 Å². The quantitative estimate of drug-likeness (QED) is 0.353. The predicted molar refractivity (Wildman–Crippen MR) is 88.8 cm³/mol. The summed E-state index contributed by atoms with van der Waals surface area (Å²) < 4.78 is 10.5. The number of rotatable bonds is 9. The molecule has 1 aromatic carbocycles. The average Bonchev–Trinajstić information content (AvgIpc) is 2.62. The number of nitrogens with zero attached hydrogens (tertiary/aromatic N) is 1. The van der Waals surface area contributed by atoms with Crippen LogP contribution in [0.5, 0.6) is 11.5 Å². The molecular weight excluding hydrogens is 330 g/mol. The third kappa shape index (κ3) is 4.31. The van der Waals surface area contributed by atoms with E-state index in [0.717, 1.165) is 5.56 Å². The molecule has 0 aliphatic carbocycles. The lowest BCUT2D eigenvalue weighted by atomic mass is 9.93. The normalized spacial score (nSPS) is 19.3. The third-order valence-electron chi connectivity index (χ3n) is 4.09. The fraction of sp³-hybridized carbons (Fsp3) is 0.500. The van der Waals surface area contributed by atoms with E-state index in [1.165, 1.54) is 7.11 Å². The molecule has 1 fully saturated rings. The van der Waals surface area contributed by atoms with Gasteiger partial charge in [-0.05, 0) is 12.1 Å². The van der Waals surface area contributed by atoms with Gasteiger partial charge in [0.25, 0.3) is 0 Å². The van der Waals surface area contributed by atoms with E-state index >= 15 is 0 Å². The number of methoxy groups -OCH3 is 2. The fourth-order valence-corrected chi connectivity index (χ4v) is 2.81. The van der Waals surface area contributed by atoms with E-state index in [1.54, 1.807) is 30.2 Å². The molecule has 138 valence electrons. The Morgan fingerprint density at radius 3 is 2.68 bits per heavy atom. The zero-order valence-corrected chi connectivity index (χ0v) is 14.2. The molecule has 0 radical (unpaired) electrons. The SMILES string of the molecule is COc1ccc(CN2C(=O)[C@@H](NC(=O)O)[C@H]2CNCCO)c(OC)c1. The molecule has 0 spiro atoms. The largest absolute Gasteiger partial charge is 0.497 e. The molecule has 0 saturated carbocycles. The highest BCUT2D eigenvalue weighted by molar-refractivity contribution is 5.92. The van der Waals surface area contributed by atoms with Crippen molar-refractivity contribution in [1.82, 2.24) is 15.5 Å². The summed E-state index contributed by atoms with van der Waals surface area (Å²) in [7, 11) is 3.09. The summed E-state index contributed by atoms with van der Waals surface area (Å²) in [5.74, 6) is 0.932. The number of aliphatic hydroxyl groups is 1. The molecule has 2 rings (SSSR count). The number of aliphatic hydroxyl groups excluding tert-OH is 1. The number of likely N-dealkylation sites (tertiary alicyclic amines) is 1. The van der Waals surface area contributed by atoms with Crippen molar-refractivity contribution in [3.8, 4) is 11.5 Å². The van der Waals surface area contributed by atoms with Gasteiger partial charge in [-0.15, -0.1) is 0 Å². The van der Waals surface area contributed by atoms with Crippen LogP contribution >= 0.6 is 0 Å². The molecular formula is C16H23N3O6. The van der Waals surface area contributed by atoms with Gasteiger partial charge in [-0.3, -0.25) is 4.79 Å². The number of β-lactam (4-membered cyclic amide) rings is 1. The van der Waals surface area contributed by atoms with Crippen LogP contribution in [0.25, 0.3) is 0 Å². The Labute approximate surface area is 145 Å². The number of hydrogen-bond donors (Lipinski definition) is 4. The smallest absolute Gasteiger partial charge is 0.405 e. The second-order valence-corrected chi connectivity index (χ2v) is 5.57. The van der Waals surface area contributed by atoms with Crippen molar-refractivity contribution in [3.63, 3.8) is 0 Å². The summed E-state index contributed by atoms with van der Waals surface area (Å²) in [6, 6.07) is 4.16. The van der Waals surface area contributed by atoms with Crippen molar-refractivity contribution in [3.05, 3.63) is 23.8 Å². The summed E-state index contributed by atoms with van der Waals surface area (Å²) in [5.41, 5.74) is 0.789. The molecule has 0 unspecified atom stereocenters. The lowest BCUT2D eigenvalue weighted by Crippen LogP contribution is -2.72. The van der Waals surface area contributed by atoms with Gasteiger partial charge in [-0.2, -0.15) is 0 Å². The summed E-state index contributed by atoms with van der Waals surface area (Å²) in [6.07, 6.45) is -1.24. The first-order valence-electron chi connectivity index (χ1n) is 7.84. The van der Waals surface area contributed by atoms with E-state index in [2.05, 4.69) is 10.6 Å². The molecule has 1 heterocycles. The monoisotopic (exact) mass is 353 g/mol. The number of benzene rings is 1. The zero-order chi connectivity index (χ0) is 18.4. The minimum atomic E-state index is -1.24. The van der Waals surface area contributed by atoms with Crippen molar-refractivity contribution in [2.45, 2.75) is 18.6 Å². The van der Waals surface area contributed by atoms with Crippen molar-refractivity contribution in [2.75, 3.05) is 33.9 Å². The van der Waals surface area contributed by atoms with E-state index < -0.39 is 12.1 Å². The maximum absolute atomic E-state index is 12.3. The van der Waals surface area contributed by atoms with E-state index in [1.807, 2.05) is 0 Å². The van der Waals surface area contributed by atoms with Crippen LogP contribution in [-0.2, 0) is 11.3 Å². The van der Waals surface area contributed by atoms with Crippen LogP contribution in [0.2, 0.25) is 0 Å². The van der Waals surface area contributed by atoms with Crippen molar-refractivity contribution in [2.24, 2.45) is 0 Å². The number of carbonyl (C=O) groups excluding carboxylic acids is 1. The molecule has 1 aromatic rings. The number of hydrogen-bond acceptors (Lipinski definition) is 6. The van der Waals surface area contributed by atoms with Gasteiger partial charge in [0.2, 0.25) is 5.91 Å². The van der Waals surface area contributed by atoms with Gasteiger partial charge < -0.3 is 35.2 Å². The van der Waals surface area contributed by atoms with E-state index in [-0.39, 0.29) is 25.1 Å². The van der Waals surface area contributed by atoms with Gasteiger partial charge in [-0.25, -0.2) is 4.79 Å². The lowest BCUT2D eigenvalue weighted by molar-refractivity contribution is -0.151. The van der Waals surface area contributed by atoms with Gasteiger partial charge >= 0.3 is 6.09 Å². The fourth-order valence-electron chi connectivity index (χ4n) is 2.81. The summed E-state index contributed by atoms with van der Waals surface area (Å²) in [5, 5.41) is 23.0. The molecule has 1 aliphatic heterocycles. The second kappa shape index (κ2) is 8.54. The van der Waals surface area contributed by atoms with Crippen molar-refractivity contribution in [1.29, 1.82) is 0 Å². The first-order valence-corrected chi connectivity index (χ1v) is 7.84. The lowest BCUT2D eigenvalue weighted by Gasteiger charge is -2.47. The van der Waals surface area contributed by atoms with Crippen molar-refractivity contribution >= 4 is 12.0 Å². The van der Waals surface area contributed by atoms with E-state index in [0.29, 0.717) is 24.6 Å². The van der Waals surface area contributed by atoms with Gasteiger partial charge in [0.1, 0.15) is 17.5 Å². The maximum atomic E-state index is 12.3. The van der Waals surface area contributed by atoms with Crippen LogP contribution in [0.1, 0.15) is 5.56 Å². The zero-order valence-electron chi connectivity index (χ0n) is 14.2. The van der Waals surface area contributed by atoms with E-state index in [9.17, 15) is 9.59 Å². The molecule has 2 amide bonds.